The third kappa shape index (κ3) is 3.87. The molecular formula is C19H32N2. The highest BCUT2D eigenvalue weighted by atomic mass is 15.3. The third-order valence-corrected chi connectivity index (χ3v) is 4.99. The van der Waals surface area contributed by atoms with Crippen molar-refractivity contribution in [2.75, 3.05) is 13.1 Å². The predicted octanol–water partition coefficient (Wildman–Crippen LogP) is 4.24. The molecule has 1 aromatic carbocycles. The van der Waals surface area contributed by atoms with Crippen LogP contribution in [0.1, 0.15) is 59.1 Å². The van der Waals surface area contributed by atoms with E-state index in [-0.39, 0.29) is 0 Å². The first-order valence-electron chi connectivity index (χ1n) is 8.51. The van der Waals surface area contributed by atoms with Gasteiger partial charge in [0.05, 0.1) is 0 Å². The van der Waals surface area contributed by atoms with Gasteiger partial charge in [-0.2, -0.15) is 0 Å². The Hall–Kier alpha value is -0.860. The summed E-state index contributed by atoms with van der Waals surface area (Å²) in [6, 6.07) is 12.7. The second-order valence-electron chi connectivity index (χ2n) is 7.42. The average Bonchev–Trinajstić information content (AvgIpc) is 2.48. The first kappa shape index (κ1) is 16.5. The molecule has 2 heteroatoms. The van der Waals surface area contributed by atoms with Gasteiger partial charge < -0.3 is 5.32 Å². The lowest BCUT2D eigenvalue weighted by Crippen LogP contribution is -2.59. The van der Waals surface area contributed by atoms with E-state index in [1.54, 1.807) is 0 Å². The van der Waals surface area contributed by atoms with Crippen LogP contribution in [-0.2, 0) is 0 Å². The summed E-state index contributed by atoms with van der Waals surface area (Å²) in [5.41, 5.74) is 1.76. The monoisotopic (exact) mass is 288 g/mol. The molecule has 0 amide bonds. The lowest BCUT2D eigenvalue weighted by molar-refractivity contribution is 0.0454. The van der Waals surface area contributed by atoms with Crippen LogP contribution in [0.15, 0.2) is 30.3 Å². The minimum atomic E-state index is 0.311. The maximum atomic E-state index is 3.80. The van der Waals surface area contributed by atoms with Crippen LogP contribution < -0.4 is 5.32 Å². The van der Waals surface area contributed by atoms with Gasteiger partial charge >= 0.3 is 0 Å². The van der Waals surface area contributed by atoms with Crippen LogP contribution in [0.4, 0.5) is 0 Å². The topological polar surface area (TPSA) is 15.3 Å². The van der Waals surface area contributed by atoms with E-state index in [9.17, 15) is 0 Å². The molecule has 1 heterocycles. The van der Waals surface area contributed by atoms with E-state index in [4.69, 9.17) is 0 Å². The van der Waals surface area contributed by atoms with Gasteiger partial charge in [-0.05, 0) is 23.8 Å². The van der Waals surface area contributed by atoms with E-state index in [1.165, 1.54) is 18.4 Å². The van der Waals surface area contributed by atoms with Crippen molar-refractivity contribution in [3.63, 3.8) is 0 Å². The summed E-state index contributed by atoms with van der Waals surface area (Å²) in [5, 5.41) is 3.80. The van der Waals surface area contributed by atoms with Crippen LogP contribution in [-0.4, -0.2) is 30.1 Å². The van der Waals surface area contributed by atoms with E-state index in [0.29, 0.717) is 23.5 Å². The van der Waals surface area contributed by atoms with Gasteiger partial charge in [-0.15, -0.1) is 0 Å². The van der Waals surface area contributed by atoms with Gasteiger partial charge in [-0.25, -0.2) is 0 Å². The summed E-state index contributed by atoms with van der Waals surface area (Å²) < 4.78 is 0. The summed E-state index contributed by atoms with van der Waals surface area (Å²) in [6.07, 6.45) is 2.47. The van der Waals surface area contributed by atoms with Crippen molar-refractivity contribution in [1.82, 2.24) is 10.2 Å². The molecule has 2 rings (SSSR count). The number of hydrogen-bond acceptors (Lipinski definition) is 2. The minimum Gasteiger partial charge on any atom is -0.310 e. The summed E-state index contributed by atoms with van der Waals surface area (Å²) in [4.78, 5) is 2.75. The molecule has 2 nitrogen and oxygen atoms in total. The normalized spacial score (nSPS) is 24.5. The van der Waals surface area contributed by atoms with Gasteiger partial charge in [0.15, 0.2) is 0 Å². The van der Waals surface area contributed by atoms with Gasteiger partial charge in [0.25, 0.3) is 0 Å². The van der Waals surface area contributed by atoms with Crippen molar-refractivity contribution in [3.05, 3.63) is 35.9 Å². The van der Waals surface area contributed by atoms with Gasteiger partial charge in [-0.3, -0.25) is 4.90 Å². The Morgan fingerprint density at radius 3 is 2.29 bits per heavy atom. The van der Waals surface area contributed by atoms with Crippen molar-refractivity contribution in [3.8, 4) is 0 Å². The van der Waals surface area contributed by atoms with Crippen molar-refractivity contribution in [2.24, 2.45) is 5.41 Å². The molecule has 1 fully saturated rings. The molecule has 0 radical (unpaired) electrons. The van der Waals surface area contributed by atoms with Crippen LogP contribution in [0.25, 0.3) is 0 Å². The van der Waals surface area contributed by atoms with Crippen LogP contribution >= 0.6 is 0 Å². The molecule has 0 bridgehead atoms. The zero-order chi connectivity index (χ0) is 15.5. The Labute approximate surface area is 130 Å². The molecule has 21 heavy (non-hydrogen) atoms. The molecule has 0 aromatic heterocycles. The van der Waals surface area contributed by atoms with Crippen LogP contribution in [0.5, 0.6) is 0 Å². The molecule has 2 unspecified atom stereocenters. The maximum absolute atomic E-state index is 3.80. The molecule has 1 aliphatic rings. The number of rotatable bonds is 4. The number of hydrogen-bond donors (Lipinski definition) is 1. The Balaban J connectivity index is 2.24. The molecule has 0 aliphatic carbocycles. The highest BCUT2D eigenvalue weighted by Gasteiger charge is 2.36. The molecule has 1 saturated heterocycles. The largest absolute Gasteiger partial charge is 0.310 e. The van der Waals surface area contributed by atoms with E-state index in [2.05, 4.69) is 75.2 Å². The van der Waals surface area contributed by atoms with Gasteiger partial charge in [0, 0.05) is 31.2 Å². The van der Waals surface area contributed by atoms with E-state index < -0.39 is 0 Å². The van der Waals surface area contributed by atoms with E-state index in [1.807, 2.05) is 0 Å². The fourth-order valence-corrected chi connectivity index (χ4v) is 3.50. The second-order valence-corrected chi connectivity index (χ2v) is 7.42. The Morgan fingerprint density at radius 1 is 1.14 bits per heavy atom. The third-order valence-electron chi connectivity index (χ3n) is 4.99. The van der Waals surface area contributed by atoms with Crippen LogP contribution in [0, 0.1) is 5.41 Å². The van der Waals surface area contributed by atoms with Crippen LogP contribution in [0.3, 0.4) is 0 Å². The van der Waals surface area contributed by atoms with Gasteiger partial charge in [0.1, 0.15) is 0 Å². The zero-order valence-corrected chi connectivity index (χ0v) is 14.4. The van der Waals surface area contributed by atoms with Crippen molar-refractivity contribution < 1.29 is 0 Å². The molecule has 1 aliphatic heterocycles. The standard InChI is InChI=1S/C19H32N2/c1-6-16(7-2)21-14-18(19(3,4)5)20-13-17(21)15-11-9-8-10-12-15/h8-12,16-18,20H,6-7,13-14H2,1-5H3. The fourth-order valence-electron chi connectivity index (χ4n) is 3.50. The lowest BCUT2D eigenvalue weighted by atomic mass is 9.83. The number of piperazine rings is 1. The first-order chi connectivity index (χ1) is 9.97. The minimum absolute atomic E-state index is 0.311. The highest BCUT2D eigenvalue weighted by Crippen LogP contribution is 2.32. The van der Waals surface area contributed by atoms with E-state index in [0.717, 1.165) is 13.1 Å². The molecule has 118 valence electrons. The number of benzene rings is 1. The predicted molar refractivity (Wildman–Crippen MR) is 91.5 cm³/mol. The molecule has 0 spiro atoms. The van der Waals surface area contributed by atoms with Crippen molar-refractivity contribution >= 4 is 0 Å². The SMILES string of the molecule is CCC(CC)N1CC(C(C)(C)C)NCC1c1ccccc1. The van der Waals surface area contributed by atoms with Crippen molar-refractivity contribution in [2.45, 2.75) is 65.6 Å². The Bertz CT molecular complexity index is 417. The van der Waals surface area contributed by atoms with Crippen molar-refractivity contribution in [1.29, 1.82) is 0 Å². The molecule has 0 saturated carbocycles. The first-order valence-corrected chi connectivity index (χ1v) is 8.51. The molecule has 1 aromatic rings. The molecule has 1 N–H and O–H groups in total. The lowest BCUT2D eigenvalue weighted by Gasteiger charge is -2.48. The summed E-state index contributed by atoms with van der Waals surface area (Å²) >= 11 is 0. The smallest absolute Gasteiger partial charge is 0.0476 e. The molecular weight excluding hydrogens is 256 g/mol. The average molecular weight is 288 g/mol. The number of nitrogens with one attached hydrogen (secondary N) is 1. The van der Waals surface area contributed by atoms with Gasteiger partial charge in [0.2, 0.25) is 0 Å². The Kier molecular flexibility index (Phi) is 5.45. The summed E-state index contributed by atoms with van der Waals surface area (Å²) in [7, 11) is 0. The quantitative estimate of drug-likeness (QED) is 0.891. The summed E-state index contributed by atoms with van der Waals surface area (Å²) in [5.74, 6) is 0. The van der Waals surface area contributed by atoms with Gasteiger partial charge in [-0.1, -0.05) is 65.0 Å². The maximum Gasteiger partial charge on any atom is 0.0476 e. The fraction of sp³-hybridized carbons (Fsp3) is 0.684. The summed E-state index contributed by atoms with van der Waals surface area (Å²) in [6.45, 7) is 13.9. The number of nitrogens with zero attached hydrogens (tertiary/aromatic N) is 1. The van der Waals surface area contributed by atoms with Crippen LogP contribution in [0.2, 0.25) is 0 Å². The van der Waals surface area contributed by atoms with E-state index >= 15 is 0 Å². The highest BCUT2D eigenvalue weighted by molar-refractivity contribution is 5.21. The zero-order valence-electron chi connectivity index (χ0n) is 14.4. The molecule has 2 atom stereocenters. The Morgan fingerprint density at radius 2 is 1.76 bits per heavy atom. The second kappa shape index (κ2) is 6.93.